The van der Waals surface area contributed by atoms with Crippen molar-refractivity contribution in [2.75, 3.05) is 23.3 Å². The minimum absolute atomic E-state index is 0.0344. The normalized spacial score (nSPS) is 13.3. The van der Waals surface area contributed by atoms with Crippen LogP contribution in [0.1, 0.15) is 36.0 Å². The first-order chi connectivity index (χ1) is 14.7. The molecule has 3 aromatic rings. The van der Waals surface area contributed by atoms with Crippen molar-refractivity contribution in [1.29, 1.82) is 0 Å². The largest absolute Gasteiger partial charge is 0.355 e. The van der Waals surface area contributed by atoms with Gasteiger partial charge in [0.25, 0.3) is 0 Å². The molecule has 0 bridgehead atoms. The van der Waals surface area contributed by atoms with Crippen molar-refractivity contribution in [2.45, 2.75) is 25.7 Å². The third kappa shape index (κ3) is 4.89. The Labute approximate surface area is 175 Å². The van der Waals surface area contributed by atoms with Crippen LogP contribution < -0.4 is 10.2 Å². The molecule has 6 heteroatoms. The predicted octanol–water partition coefficient (Wildman–Crippen LogP) is 4.35. The van der Waals surface area contributed by atoms with E-state index in [1.165, 1.54) is 12.8 Å². The summed E-state index contributed by atoms with van der Waals surface area (Å²) in [6, 6.07) is 20.5. The summed E-state index contributed by atoms with van der Waals surface area (Å²) in [6.45, 7) is 2.06. The molecule has 1 aliphatic heterocycles. The van der Waals surface area contributed by atoms with Crippen LogP contribution in [0.2, 0.25) is 0 Å². The number of amides is 1. The molecule has 1 N–H and O–H groups in total. The summed E-state index contributed by atoms with van der Waals surface area (Å²) in [5.41, 5.74) is 2.94. The molecule has 30 heavy (non-hydrogen) atoms. The van der Waals surface area contributed by atoms with E-state index in [1.54, 1.807) is 12.1 Å². The van der Waals surface area contributed by atoms with Crippen LogP contribution in [-0.2, 0) is 4.79 Å². The van der Waals surface area contributed by atoms with Crippen LogP contribution in [0, 0.1) is 0 Å². The molecule has 1 aliphatic rings. The van der Waals surface area contributed by atoms with Gasteiger partial charge in [-0.25, -0.2) is 0 Å². The molecule has 1 saturated heterocycles. The lowest BCUT2D eigenvalue weighted by Crippen LogP contribution is -2.19. The average molecular weight is 400 g/mol. The summed E-state index contributed by atoms with van der Waals surface area (Å²) in [4.78, 5) is 26.7. The lowest BCUT2D eigenvalue weighted by molar-refractivity contribution is -0.116. The van der Waals surface area contributed by atoms with Crippen molar-refractivity contribution < 1.29 is 9.59 Å². The molecule has 2 aromatic carbocycles. The van der Waals surface area contributed by atoms with Crippen molar-refractivity contribution in [3.05, 3.63) is 72.3 Å². The number of nitrogens with zero attached hydrogens (tertiary/aromatic N) is 3. The van der Waals surface area contributed by atoms with Gasteiger partial charge in [-0.1, -0.05) is 42.5 Å². The molecule has 4 rings (SSSR count). The number of anilines is 2. The highest BCUT2D eigenvalue weighted by Crippen LogP contribution is 2.23. The molecule has 152 valence electrons. The van der Waals surface area contributed by atoms with Gasteiger partial charge in [-0.15, -0.1) is 10.2 Å². The van der Waals surface area contributed by atoms with Crippen molar-refractivity contribution in [1.82, 2.24) is 10.2 Å². The SMILES string of the molecule is O=C(CCC(=O)c1ccccc1)Nc1cccc(-c2ccc(N3CCCC3)nn2)c1. The molecule has 0 radical (unpaired) electrons. The lowest BCUT2D eigenvalue weighted by atomic mass is 10.1. The fourth-order valence-corrected chi connectivity index (χ4v) is 3.57. The van der Waals surface area contributed by atoms with Gasteiger partial charge in [-0.05, 0) is 37.1 Å². The number of ketones is 1. The summed E-state index contributed by atoms with van der Waals surface area (Å²) >= 11 is 0. The third-order valence-electron chi connectivity index (χ3n) is 5.20. The Hall–Kier alpha value is -3.54. The van der Waals surface area contributed by atoms with Crippen LogP contribution >= 0.6 is 0 Å². The topological polar surface area (TPSA) is 75.2 Å². The number of carbonyl (C=O) groups is 2. The minimum atomic E-state index is -0.188. The van der Waals surface area contributed by atoms with Crippen molar-refractivity contribution in [3.8, 4) is 11.3 Å². The number of hydrogen-bond acceptors (Lipinski definition) is 5. The minimum Gasteiger partial charge on any atom is -0.355 e. The second kappa shape index (κ2) is 9.31. The molecule has 2 heterocycles. The van der Waals surface area contributed by atoms with E-state index >= 15 is 0 Å². The second-order valence-electron chi connectivity index (χ2n) is 7.39. The molecule has 1 fully saturated rings. The van der Waals surface area contributed by atoms with E-state index in [1.807, 2.05) is 54.6 Å². The first kappa shape index (κ1) is 19.8. The summed E-state index contributed by atoms with van der Waals surface area (Å²) in [5, 5.41) is 11.6. The van der Waals surface area contributed by atoms with Gasteiger partial charge in [0.15, 0.2) is 11.6 Å². The van der Waals surface area contributed by atoms with Crippen LogP contribution in [0.4, 0.5) is 11.5 Å². The van der Waals surface area contributed by atoms with Crippen molar-refractivity contribution >= 4 is 23.2 Å². The monoisotopic (exact) mass is 400 g/mol. The Bertz CT molecular complexity index is 1010. The third-order valence-corrected chi connectivity index (χ3v) is 5.20. The Kier molecular flexibility index (Phi) is 6.13. The highest BCUT2D eigenvalue weighted by molar-refractivity contribution is 6.00. The quantitative estimate of drug-likeness (QED) is 0.597. The number of rotatable bonds is 7. The van der Waals surface area contributed by atoms with E-state index in [-0.39, 0.29) is 24.5 Å². The van der Waals surface area contributed by atoms with Gasteiger partial charge >= 0.3 is 0 Å². The smallest absolute Gasteiger partial charge is 0.224 e. The van der Waals surface area contributed by atoms with Crippen LogP contribution in [0.3, 0.4) is 0 Å². The lowest BCUT2D eigenvalue weighted by Gasteiger charge is -2.15. The standard InChI is InChI=1S/C24H24N4O2/c29-22(18-7-2-1-3-8-18)12-14-24(30)25-20-10-6-9-19(17-20)21-11-13-23(27-26-21)28-15-4-5-16-28/h1-3,6-11,13,17H,4-5,12,14-16H2,(H,25,30). The van der Waals surface area contributed by atoms with Gasteiger partial charge in [-0.2, -0.15) is 0 Å². The molecule has 0 saturated carbocycles. The van der Waals surface area contributed by atoms with E-state index in [4.69, 9.17) is 0 Å². The number of nitrogens with one attached hydrogen (secondary N) is 1. The number of carbonyl (C=O) groups excluding carboxylic acids is 2. The number of benzene rings is 2. The highest BCUT2D eigenvalue weighted by atomic mass is 16.2. The Morgan fingerprint density at radius 2 is 1.67 bits per heavy atom. The molecule has 6 nitrogen and oxygen atoms in total. The molecular formula is C24H24N4O2. The van der Waals surface area contributed by atoms with E-state index in [0.29, 0.717) is 11.3 Å². The Balaban J connectivity index is 1.36. The van der Waals surface area contributed by atoms with E-state index in [0.717, 1.165) is 30.2 Å². The molecule has 0 aliphatic carbocycles. The highest BCUT2D eigenvalue weighted by Gasteiger charge is 2.14. The molecular weight excluding hydrogens is 376 g/mol. The first-order valence-electron chi connectivity index (χ1n) is 10.3. The molecule has 0 unspecified atom stereocenters. The van der Waals surface area contributed by atoms with Gasteiger partial charge in [0, 0.05) is 42.7 Å². The maximum atomic E-state index is 12.3. The summed E-state index contributed by atoms with van der Waals surface area (Å²) in [5.74, 6) is 0.684. The number of Topliss-reactive ketones (excluding diaryl/α,β-unsaturated/α-hetero) is 1. The van der Waals surface area contributed by atoms with Crippen molar-refractivity contribution in [2.24, 2.45) is 0 Å². The van der Waals surface area contributed by atoms with Crippen LogP contribution in [0.25, 0.3) is 11.3 Å². The maximum Gasteiger partial charge on any atom is 0.224 e. The fourth-order valence-electron chi connectivity index (χ4n) is 3.57. The Morgan fingerprint density at radius 1 is 0.867 bits per heavy atom. The summed E-state index contributed by atoms with van der Waals surface area (Å²) < 4.78 is 0. The average Bonchev–Trinajstić information content (AvgIpc) is 3.33. The van der Waals surface area contributed by atoms with Crippen LogP contribution in [0.5, 0.6) is 0 Å². The maximum absolute atomic E-state index is 12.3. The zero-order chi connectivity index (χ0) is 20.8. The zero-order valence-electron chi connectivity index (χ0n) is 16.8. The van der Waals surface area contributed by atoms with Gasteiger partial charge in [0.05, 0.1) is 5.69 Å². The molecule has 1 amide bonds. The fraction of sp³-hybridized carbons (Fsp3) is 0.250. The van der Waals surface area contributed by atoms with E-state index in [2.05, 4.69) is 20.4 Å². The predicted molar refractivity (Wildman–Crippen MR) is 118 cm³/mol. The van der Waals surface area contributed by atoms with Gasteiger partial charge in [0.1, 0.15) is 0 Å². The molecule has 1 aromatic heterocycles. The summed E-state index contributed by atoms with van der Waals surface area (Å²) in [7, 11) is 0. The van der Waals surface area contributed by atoms with E-state index < -0.39 is 0 Å². The van der Waals surface area contributed by atoms with Crippen molar-refractivity contribution in [3.63, 3.8) is 0 Å². The second-order valence-corrected chi connectivity index (χ2v) is 7.39. The summed E-state index contributed by atoms with van der Waals surface area (Å²) in [6.07, 6.45) is 2.71. The molecule has 0 spiro atoms. The van der Waals surface area contributed by atoms with Gasteiger partial charge in [0.2, 0.25) is 5.91 Å². The van der Waals surface area contributed by atoms with Crippen LogP contribution in [0.15, 0.2) is 66.7 Å². The van der Waals surface area contributed by atoms with E-state index in [9.17, 15) is 9.59 Å². The first-order valence-corrected chi connectivity index (χ1v) is 10.3. The van der Waals surface area contributed by atoms with Gasteiger partial charge < -0.3 is 10.2 Å². The van der Waals surface area contributed by atoms with Crippen LogP contribution in [-0.4, -0.2) is 35.0 Å². The number of hydrogen-bond donors (Lipinski definition) is 1. The zero-order valence-corrected chi connectivity index (χ0v) is 16.8. The van der Waals surface area contributed by atoms with Gasteiger partial charge in [-0.3, -0.25) is 9.59 Å². The molecule has 0 atom stereocenters. The Morgan fingerprint density at radius 3 is 2.40 bits per heavy atom. The number of aromatic nitrogens is 2.